The number of aryl methyl sites for hydroxylation is 2. The topological polar surface area (TPSA) is 3.24 Å². The lowest BCUT2D eigenvalue weighted by atomic mass is 9.93. The Morgan fingerprint density at radius 3 is 1.46 bits per heavy atom. The predicted octanol–water partition coefficient (Wildman–Crippen LogP) is 9.75. The number of hydrogen-bond acceptors (Lipinski definition) is 1. The van der Waals surface area contributed by atoms with Gasteiger partial charge in [0.2, 0.25) is 0 Å². The van der Waals surface area contributed by atoms with Crippen molar-refractivity contribution in [1.82, 2.24) is 0 Å². The van der Waals surface area contributed by atoms with Gasteiger partial charge < -0.3 is 4.90 Å². The van der Waals surface area contributed by atoms with Gasteiger partial charge in [-0.25, -0.2) is 0 Å². The third-order valence-corrected chi connectivity index (χ3v) is 6.79. The molecule has 0 N–H and O–H groups in total. The van der Waals surface area contributed by atoms with Gasteiger partial charge in [-0.3, -0.25) is 0 Å². The zero-order valence-electron chi connectivity index (χ0n) is 20.1. The van der Waals surface area contributed by atoms with Gasteiger partial charge in [-0.05, 0) is 89.0 Å². The highest BCUT2D eigenvalue weighted by Gasteiger charge is 2.14. The largest absolute Gasteiger partial charge is 0.311 e. The fraction of sp³-hybridized carbons (Fsp3) is 0.0588. The first-order valence-electron chi connectivity index (χ1n) is 12.1. The minimum absolute atomic E-state index is 1.14. The molecule has 1 nitrogen and oxygen atoms in total. The van der Waals surface area contributed by atoms with Crippen LogP contribution in [-0.4, -0.2) is 0 Å². The van der Waals surface area contributed by atoms with Crippen molar-refractivity contribution in [1.29, 1.82) is 0 Å². The van der Waals surface area contributed by atoms with Crippen LogP contribution >= 0.6 is 0 Å². The van der Waals surface area contributed by atoms with Crippen LogP contribution in [0.2, 0.25) is 0 Å². The second kappa shape index (κ2) is 8.77. The number of nitrogens with zero attached hydrogens (tertiary/aromatic N) is 1. The van der Waals surface area contributed by atoms with Gasteiger partial charge in [-0.1, -0.05) is 96.1 Å². The van der Waals surface area contributed by atoms with E-state index in [2.05, 4.69) is 146 Å². The van der Waals surface area contributed by atoms with Gasteiger partial charge in [-0.15, -0.1) is 0 Å². The minimum Gasteiger partial charge on any atom is -0.311 e. The van der Waals surface area contributed by atoms with E-state index in [-0.39, 0.29) is 0 Å². The Bertz CT molecular complexity index is 1580. The number of anilines is 3. The molecule has 0 heterocycles. The molecular formula is C34H27N. The van der Waals surface area contributed by atoms with E-state index in [0.717, 1.165) is 17.1 Å². The Morgan fingerprint density at radius 2 is 0.886 bits per heavy atom. The lowest BCUT2D eigenvalue weighted by Gasteiger charge is -2.26. The summed E-state index contributed by atoms with van der Waals surface area (Å²) in [5.41, 5.74) is 8.47. The third kappa shape index (κ3) is 3.96. The minimum atomic E-state index is 1.14. The maximum atomic E-state index is 2.32. The number of fused-ring (bicyclic) bond motifs is 3. The van der Waals surface area contributed by atoms with Gasteiger partial charge in [0, 0.05) is 17.1 Å². The number of benzene rings is 6. The highest BCUT2D eigenvalue weighted by atomic mass is 15.1. The molecule has 0 atom stereocenters. The first-order chi connectivity index (χ1) is 17.2. The molecule has 35 heavy (non-hydrogen) atoms. The van der Waals surface area contributed by atoms with Crippen LogP contribution in [0.25, 0.3) is 32.7 Å². The van der Waals surface area contributed by atoms with Gasteiger partial charge in [-0.2, -0.15) is 0 Å². The molecule has 0 saturated heterocycles. The molecule has 0 spiro atoms. The Labute approximate surface area is 206 Å². The average molecular weight is 450 g/mol. The number of rotatable bonds is 4. The fourth-order valence-corrected chi connectivity index (χ4v) is 4.92. The summed E-state index contributed by atoms with van der Waals surface area (Å²) in [6.07, 6.45) is 0. The Morgan fingerprint density at radius 1 is 0.429 bits per heavy atom. The van der Waals surface area contributed by atoms with Crippen molar-refractivity contribution < 1.29 is 0 Å². The zero-order chi connectivity index (χ0) is 23.8. The van der Waals surface area contributed by atoms with E-state index in [1.165, 1.54) is 43.8 Å². The van der Waals surface area contributed by atoms with Gasteiger partial charge >= 0.3 is 0 Å². The molecule has 1 heteroatoms. The summed E-state index contributed by atoms with van der Waals surface area (Å²) in [5.74, 6) is 0. The van der Waals surface area contributed by atoms with Crippen LogP contribution in [-0.2, 0) is 0 Å². The van der Waals surface area contributed by atoms with E-state index in [1.54, 1.807) is 0 Å². The molecule has 6 aromatic carbocycles. The van der Waals surface area contributed by atoms with Crippen molar-refractivity contribution in [2.24, 2.45) is 0 Å². The third-order valence-electron chi connectivity index (χ3n) is 6.79. The van der Waals surface area contributed by atoms with E-state index in [0.29, 0.717) is 0 Å². The summed E-state index contributed by atoms with van der Waals surface area (Å²) in [6.45, 7) is 4.26. The van der Waals surface area contributed by atoms with E-state index in [1.807, 2.05) is 0 Å². The molecule has 6 rings (SSSR count). The van der Waals surface area contributed by atoms with Gasteiger partial charge in [0.25, 0.3) is 0 Å². The SMILES string of the molecule is Cc1ccc(N(c2ccc(C)cc2)c2ccc(-c3cc4ccccc4c4ccccc34)cc2)cc1. The first kappa shape index (κ1) is 21.2. The standard InChI is InChI=1S/C34H27N/c1-24-11-17-28(18-12-24)35(29-19-13-25(2)14-20-29)30-21-15-26(16-22-30)34-23-27-7-3-4-8-31(27)32-9-5-6-10-33(32)34/h3-23H,1-2H3. The van der Waals surface area contributed by atoms with Crippen LogP contribution in [0.15, 0.2) is 127 Å². The van der Waals surface area contributed by atoms with Crippen molar-refractivity contribution >= 4 is 38.6 Å². The predicted molar refractivity (Wildman–Crippen MR) is 151 cm³/mol. The van der Waals surface area contributed by atoms with Gasteiger partial charge in [0.1, 0.15) is 0 Å². The smallest absolute Gasteiger partial charge is 0.0462 e. The van der Waals surface area contributed by atoms with Crippen molar-refractivity contribution in [2.75, 3.05) is 4.90 Å². The van der Waals surface area contributed by atoms with E-state index >= 15 is 0 Å². The quantitative estimate of drug-likeness (QED) is 0.242. The lowest BCUT2D eigenvalue weighted by molar-refractivity contribution is 1.27. The highest BCUT2D eigenvalue weighted by Crippen LogP contribution is 2.38. The monoisotopic (exact) mass is 449 g/mol. The van der Waals surface area contributed by atoms with Gasteiger partial charge in [0.15, 0.2) is 0 Å². The molecular weight excluding hydrogens is 422 g/mol. The summed E-state index contributed by atoms with van der Waals surface area (Å²) in [5, 5.41) is 5.15. The molecule has 6 aromatic rings. The molecule has 0 aliphatic rings. The summed E-state index contributed by atoms with van der Waals surface area (Å²) < 4.78 is 0. The zero-order valence-corrected chi connectivity index (χ0v) is 20.1. The Hall–Kier alpha value is -4.36. The fourth-order valence-electron chi connectivity index (χ4n) is 4.92. The van der Waals surface area contributed by atoms with Crippen LogP contribution in [0.3, 0.4) is 0 Å². The van der Waals surface area contributed by atoms with Crippen LogP contribution in [0.1, 0.15) is 11.1 Å². The normalized spacial score (nSPS) is 11.1. The molecule has 0 saturated carbocycles. The average Bonchev–Trinajstić information content (AvgIpc) is 2.91. The lowest BCUT2D eigenvalue weighted by Crippen LogP contribution is -2.09. The van der Waals surface area contributed by atoms with Gasteiger partial charge in [0.05, 0.1) is 0 Å². The highest BCUT2D eigenvalue weighted by molar-refractivity contribution is 6.13. The summed E-state index contributed by atoms with van der Waals surface area (Å²) in [4.78, 5) is 2.32. The molecule has 0 fully saturated rings. The van der Waals surface area contributed by atoms with Crippen LogP contribution in [0.5, 0.6) is 0 Å². The summed E-state index contributed by atoms with van der Waals surface area (Å²) in [6, 6.07) is 46.1. The van der Waals surface area contributed by atoms with Crippen LogP contribution in [0.4, 0.5) is 17.1 Å². The first-order valence-corrected chi connectivity index (χ1v) is 12.1. The van der Waals surface area contributed by atoms with E-state index in [4.69, 9.17) is 0 Å². The molecule has 0 radical (unpaired) electrons. The maximum absolute atomic E-state index is 2.32. The number of hydrogen-bond donors (Lipinski definition) is 0. The Kier molecular flexibility index (Phi) is 5.31. The van der Waals surface area contributed by atoms with Crippen LogP contribution in [0, 0.1) is 13.8 Å². The molecule has 0 amide bonds. The van der Waals surface area contributed by atoms with E-state index < -0.39 is 0 Å². The van der Waals surface area contributed by atoms with Crippen LogP contribution < -0.4 is 4.90 Å². The molecule has 0 aromatic heterocycles. The second-order valence-corrected chi connectivity index (χ2v) is 9.24. The molecule has 0 aliphatic carbocycles. The summed E-state index contributed by atoms with van der Waals surface area (Å²) >= 11 is 0. The van der Waals surface area contributed by atoms with Crippen molar-refractivity contribution in [3.05, 3.63) is 139 Å². The van der Waals surface area contributed by atoms with Crippen molar-refractivity contribution in [3.8, 4) is 11.1 Å². The van der Waals surface area contributed by atoms with Crippen molar-refractivity contribution in [3.63, 3.8) is 0 Å². The second-order valence-electron chi connectivity index (χ2n) is 9.24. The molecule has 0 bridgehead atoms. The summed E-state index contributed by atoms with van der Waals surface area (Å²) in [7, 11) is 0. The Balaban J connectivity index is 1.48. The van der Waals surface area contributed by atoms with Crippen molar-refractivity contribution in [2.45, 2.75) is 13.8 Å². The maximum Gasteiger partial charge on any atom is 0.0462 e. The van der Waals surface area contributed by atoms with E-state index in [9.17, 15) is 0 Å². The molecule has 0 unspecified atom stereocenters. The molecule has 168 valence electrons. The molecule has 0 aliphatic heterocycles.